The van der Waals surface area contributed by atoms with Gasteiger partial charge < -0.3 is 24.8 Å². The molecule has 366 valence electrons. The summed E-state index contributed by atoms with van der Waals surface area (Å²) in [5.74, 6) is -0.538. The second-order valence-corrected chi connectivity index (χ2v) is 18.7. The monoisotopic (exact) mass is 944 g/mol. The third-order valence-corrected chi connectivity index (χ3v) is 14.2. The third kappa shape index (κ3) is 12.6. The average molecular weight is 945 g/mol. The number of aromatic nitrogens is 3. The molecule has 18 nitrogen and oxygen atoms in total. The molecule has 3 aromatic rings. The average Bonchev–Trinajstić information content (AvgIpc) is 3.64. The predicted molar refractivity (Wildman–Crippen MR) is 256 cm³/mol. The fourth-order valence-corrected chi connectivity index (χ4v) is 10.1. The maximum absolute atomic E-state index is 13.3. The van der Waals surface area contributed by atoms with Crippen molar-refractivity contribution in [2.24, 2.45) is 5.92 Å². The fraction of sp³-hybridized carbons (Fsp3) is 0.529. The number of piperazine rings is 1. The molecule has 2 aromatic heterocycles. The molecule has 7 amide bonds. The van der Waals surface area contributed by atoms with Gasteiger partial charge in [0.25, 0.3) is 17.7 Å². The lowest BCUT2D eigenvalue weighted by Gasteiger charge is -2.43. The number of pyridine rings is 1. The smallest absolute Gasteiger partial charge is 0.274 e. The SMILES string of the molecule is O=C(/C=C/c1cccnc1)NCCCCC1CCN(C(=O)c2ccc(N3CCC(N4CCN(C(=O)CCCCCCOc5cccc6c5C(=O)N(C5CCC(=O)NC5=O)C6=O)CC4)CC3)nn2)CC1. The minimum Gasteiger partial charge on any atom is -0.493 e. The Hall–Kier alpha value is -6.56. The summed E-state index contributed by atoms with van der Waals surface area (Å²) < 4.78 is 5.95. The molecule has 8 rings (SSSR count). The highest BCUT2D eigenvalue weighted by Gasteiger charge is 2.46. The minimum atomic E-state index is -1.03. The number of amides is 7. The molecular weight excluding hydrogens is 881 g/mol. The number of unbranched alkanes of at least 4 members (excludes halogenated alkanes) is 4. The van der Waals surface area contributed by atoms with Crippen LogP contribution in [0.25, 0.3) is 6.08 Å². The van der Waals surface area contributed by atoms with Crippen LogP contribution in [-0.4, -0.2) is 154 Å². The van der Waals surface area contributed by atoms with Gasteiger partial charge in [0.15, 0.2) is 11.5 Å². The van der Waals surface area contributed by atoms with E-state index in [2.05, 4.69) is 35.6 Å². The molecule has 1 aromatic carbocycles. The summed E-state index contributed by atoms with van der Waals surface area (Å²) in [6.45, 7) is 7.29. The third-order valence-electron chi connectivity index (χ3n) is 14.2. The number of fused-ring (bicyclic) bond motifs is 1. The zero-order valence-electron chi connectivity index (χ0n) is 39.4. The number of hydrogen-bond donors (Lipinski definition) is 2. The summed E-state index contributed by atoms with van der Waals surface area (Å²) in [4.78, 5) is 103. The molecule has 5 aliphatic heterocycles. The van der Waals surface area contributed by atoms with Crippen molar-refractivity contribution >= 4 is 53.2 Å². The molecule has 0 radical (unpaired) electrons. The Labute approximate surface area is 403 Å². The van der Waals surface area contributed by atoms with Crippen molar-refractivity contribution < 1.29 is 38.3 Å². The summed E-state index contributed by atoms with van der Waals surface area (Å²) in [7, 11) is 0. The number of likely N-dealkylation sites (tertiary alicyclic amines) is 1. The van der Waals surface area contributed by atoms with Gasteiger partial charge >= 0.3 is 0 Å². The van der Waals surface area contributed by atoms with Gasteiger partial charge in [0.2, 0.25) is 23.6 Å². The van der Waals surface area contributed by atoms with E-state index in [1.165, 1.54) is 6.08 Å². The van der Waals surface area contributed by atoms with Crippen molar-refractivity contribution in [2.45, 2.75) is 102 Å². The zero-order valence-corrected chi connectivity index (χ0v) is 39.4. The Bertz CT molecular complexity index is 2340. The Morgan fingerprint density at radius 2 is 1.57 bits per heavy atom. The number of rotatable bonds is 19. The Morgan fingerprint density at radius 1 is 0.768 bits per heavy atom. The van der Waals surface area contributed by atoms with E-state index < -0.39 is 29.7 Å². The van der Waals surface area contributed by atoms with Crippen LogP contribution in [0.4, 0.5) is 5.82 Å². The van der Waals surface area contributed by atoms with E-state index in [1.54, 1.807) is 42.7 Å². The number of carbonyl (C=O) groups is 7. The number of nitrogens with one attached hydrogen (secondary N) is 2. The van der Waals surface area contributed by atoms with E-state index in [0.717, 1.165) is 120 Å². The van der Waals surface area contributed by atoms with E-state index in [9.17, 15) is 33.6 Å². The molecule has 0 saturated carbocycles. The highest BCUT2D eigenvalue weighted by atomic mass is 16.5. The standard InChI is InChI=1S/C51H64N10O8/c62-44(18-14-37-10-8-24-52-35-37)53-25-5-4-9-36-20-26-60(27-21-36)50(67)40-15-17-43(56-55-40)58-28-22-38(23-29-58)57-30-32-59(33-31-57)46(64)13-3-1-2-6-34-69-42-12-7-11-39-47(42)51(68)61(49(39)66)41-16-19-45(63)54-48(41)65/h7-8,10-12,14-15,17-18,24,35-36,38,41H,1-6,9,13,16,19-23,25-34H2,(H,53,62)(H,54,63,65)/b18-14+. The van der Waals surface area contributed by atoms with Crippen LogP contribution in [0.5, 0.6) is 5.75 Å². The van der Waals surface area contributed by atoms with Crippen LogP contribution < -0.4 is 20.3 Å². The molecular formula is C51H64N10O8. The summed E-state index contributed by atoms with van der Waals surface area (Å²) in [5.41, 5.74) is 1.61. The zero-order chi connectivity index (χ0) is 48.1. The lowest BCUT2D eigenvalue weighted by molar-refractivity contribution is -0.136. The summed E-state index contributed by atoms with van der Waals surface area (Å²) >= 11 is 0. The van der Waals surface area contributed by atoms with Crippen LogP contribution in [0.2, 0.25) is 0 Å². The quantitative estimate of drug-likeness (QED) is 0.0980. The molecule has 0 bridgehead atoms. The molecule has 18 heteroatoms. The number of nitrogens with zero attached hydrogens (tertiary/aromatic N) is 8. The lowest BCUT2D eigenvalue weighted by Crippen LogP contribution is -2.54. The second-order valence-electron chi connectivity index (χ2n) is 18.7. The summed E-state index contributed by atoms with van der Waals surface area (Å²) in [6.07, 6.45) is 17.5. The largest absolute Gasteiger partial charge is 0.493 e. The van der Waals surface area contributed by atoms with E-state index in [-0.39, 0.29) is 41.7 Å². The number of anilines is 1. The molecule has 1 atom stereocenters. The molecule has 7 heterocycles. The Balaban J connectivity index is 0.658. The van der Waals surface area contributed by atoms with Crippen LogP contribution in [-0.2, 0) is 19.2 Å². The number of piperidine rings is 3. The Kier molecular flexibility index (Phi) is 16.7. The molecule has 2 N–H and O–H groups in total. The van der Waals surface area contributed by atoms with Gasteiger partial charge in [-0.25, -0.2) is 0 Å². The number of ether oxygens (including phenoxy) is 1. The maximum Gasteiger partial charge on any atom is 0.274 e. The van der Waals surface area contributed by atoms with Crippen molar-refractivity contribution in [3.63, 3.8) is 0 Å². The molecule has 4 saturated heterocycles. The number of hydrogen-bond acceptors (Lipinski definition) is 13. The van der Waals surface area contributed by atoms with Crippen molar-refractivity contribution in [2.75, 3.05) is 70.4 Å². The molecule has 0 aliphatic carbocycles. The van der Waals surface area contributed by atoms with Crippen molar-refractivity contribution in [3.05, 3.63) is 83.3 Å². The first-order chi connectivity index (χ1) is 33.6. The normalized spacial score (nSPS) is 19.6. The Morgan fingerprint density at radius 3 is 2.30 bits per heavy atom. The fourth-order valence-electron chi connectivity index (χ4n) is 10.1. The maximum atomic E-state index is 13.3. The predicted octanol–water partition coefficient (Wildman–Crippen LogP) is 4.27. The van der Waals surface area contributed by atoms with Gasteiger partial charge in [0.1, 0.15) is 11.8 Å². The van der Waals surface area contributed by atoms with E-state index >= 15 is 0 Å². The molecule has 0 spiro atoms. The number of carbonyl (C=O) groups excluding carboxylic acids is 7. The summed E-state index contributed by atoms with van der Waals surface area (Å²) in [5, 5.41) is 14.0. The van der Waals surface area contributed by atoms with E-state index in [0.29, 0.717) is 62.5 Å². The van der Waals surface area contributed by atoms with Crippen LogP contribution in [0.1, 0.15) is 127 Å². The summed E-state index contributed by atoms with van der Waals surface area (Å²) in [6, 6.07) is 11.7. The van der Waals surface area contributed by atoms with Gasteiger partial charge in [0, 0.05) is 96.3 Å². The highest BCUT2D eigenvalue weighted by Crippen LogP contribution is 2.34. The van der Waals surface area contributed by atoms with Gasteiger partial charge in [-0.15, -0.1) is 10.2 Å². The van der Waals surface area contributed by atoms with E-state index in [4.69, 9.17) is 4.74 Å². The minimum absolute atomic E-state index is 0.0573. The molecule has 5 aliphatic rings. The van der Waals surface area contributed by atoms with Crippen molar-refractivity contribution in [3.8, 4) is 5.75 Å². The molecule has 69 heavy (non-hydrogen) atoms. The molecule has 1 unspecified atom stereocenters. The second kappa shape index (κ2) is 23.6. The van der Waals surface area contributed by atoms with Crippen molar-refractivity contribution in [1.82, 2.24) is 45.4 Å². The number of imide groups is 2. The van der Waals surface area contributed by atoms with Crippen LogP contribution in [0.3, 0.4) is 0 Å². The first kappa shape index (κ1) is 48.9. The first-order valence-corrected chi connectivity index (χ1v) is 24.9. The van der Waals surface area contributed by atoms with Gasteiger partial charge in [-0.2, -0.15) is 0 Å². The first-order valence-electron chi connectivity index (χ1n) is 24.9. The van der Waals surface area contributed by atoms with E-state index in [1.807, 2.05) is 28.0 Å². The molecule has 4 fully saturated rings. The van der Waals surface area contributed by atoms with Gasteiger partial charge in [0.05, 0.1) is 17.7 Å². The van der Waals surface area contributed by atoms with Gasteiger partial charge in [-0.05, 0) is 99.3 Å². The number of benzene rings is 1. The van der Waals surface area contributed by atoms with Gasteiger partial charge in [-0.1, -0.05) is 37.8 Å². The highest BCUT2D eigenvalue weighted by molar-refractivity contribution is 6.24. The van der Waals surface area contributed by atoms with Crippen LogP contribution in [0, 0.1) is 5.92 Å². The van der Waals surface area contributed by atoms with Crippen LogP contribution in [0.15, 0.2) is 60.9 Å². The topological polar surface area (TPSA) is 208 Å². The lowest BCUT2D eigenvalue weighted by atomic mass is 9.91. The van der Waals surface area contributed by atoms with Crippen LogP contribution >= 0.6 is 0 Å². The van der Waals surface area contributed by atoms with Gasteiger partial charge in [-0.3, -0.25) is 53.7 Å². The van der Waals surface area contributed by atoms with Crippen molar-refractivity contribution in [1.29, 1.82) is 0 Å².